The van der Waals surface area contributed by atoms with Gasteiger partial charge in [-0.2, -0.15) is 0 Å². The SMILES string of the molecule is CS(=O)(=O)Nc1cccc(C(=O)N(CCO)Cc2ccccc2)c1. The number of rotatable bonds is 7. The molecule has 7 heteroatoms. The molecular weight excluding hydrogens is 328 g/mol. The van der Waals surface area contributed by atoms with Gasteiger partial charge in [-0.05, 0) is 23.8 Å². The summed E-state index contributed by atoms with van der Waals surface area (Å²) in [5.74, 6) is -0.273. The summed E-state index contributed by atoms with van der Waals surface area (Å²) in [6, 6.07) is 15.7. The van der Waals surface area contributed by atoms with Gasteiger partial charge in [0.05, 0.1) is 12.9 Å². The molecule has 2 aromatic carbocycles. The average Bonchev–Trinajstić information content (AvgIpc) is 2.53. The Labute approximate surface area is 141 Å². The van der Waals surface area contributed by atoms with Crippen molar-refractivity contribution >= 4 is 21.6 Å². The van der Waals surface area contributed by atoms with Crippen LogP contribution in [-0.2, 0) is 16.6 Å². The highest BCUT2D eigenvalue weighted by molar-refractivity contribution is 7.92. The molecule has 2 aromatic rings. The molecule has 2 rings (SSSR count). The molecule has 0 aliphatic rings. The summed E-state index contributed by atoms with van der Waals surface area (Å²) < 4.78 is 25.0. The van der Waals surface area contributed by atoms with Crippen LogP contribution in [0.25, 0.3) is 0 Å². The fourth-order valence-electron chi connectivity index (χ4n) is 2.29. The Balaban J connectivity index is 2.21. The minimum absolute atomic E-state index is 0.153. The van der Waals surface area contributed by atoms with E-state index in [4.69, 9.17) is 0 Å². The number of carbonyl (C=O) groups is 1. The van der Waals surface area contributed by atoms with E-state index in [-0.39, 0.29) is 19.1 Å². The topological polar surface area (TPSA) is 86.7 Å². The molecule has 0 atom stereocenters. The number of sulfonamides is 1. The Morgan fingerprint density at radius 1 is 1.12 bits per heavy atom. The summed E-state index contributed by atoms with van der Waals surface area (Å²) in [5, 5.41) is 9.23. The van der Waals surface area contributed by atoms with Crippen molar-refractivity contribution in [2.45, 2.75) is 6.54 Å². The number of hydrogen-bond donors (Lipinski definition) is 2. The second-order valence-corrected chi connectivity index (χ2v) is 7.14. The molecule has 2 N–H and O–H groups in total. The molecule has 0 radical (unpaired) electrons. The zero-order valence-electron chi connectivity index (χ0n) is 13.3. The van der Waals surface area contributed by atoms with Crippen molar-refractivity contribution in [1.29, 1.82) is 0 Å². The summed E-state index contributed by atoms with van der Waals surface area (Å²) in [6.07, 6.45) is 1.05. The molecule has 0 spiro atoms. The fourth-order valence-corrected chi connectivity index (χ4v) is 2.84. The number of anilines is 1. The molecule has 0 aliphatic carbocycles. The van der Waals surface area contributed by atoms with Gasteiger partial charge in [0.15, 0.2) is 0 Å². The van der Waals surface area contributed by atoms with Gasteiger partial charge in [0.2, 0.25) is 10.0 Å². The third-order valence-corrected chi connectivity index (χ3v) is 3.89. The Kier molecular flexibility index (Phi) is 5.94. The van der Waals surface area contributed by atoms with Gasteiger partial charge in [0, 0.05) is 24.3 Å². The van der Waals surface area contributed by atoms with Gasteiger partial charge in [0.25, 0.3) is 5.91 Å². The molecule has 0 heterocycles. The Morgan fingerprint density at radius 3 is 2.46 bits per heavy atom. The second kappa shape index (κ2) is 7.94. The molecule has 0 saturated carbocycles. The van der Waals surface area contributed by atoms with Gasteiger partial charge >= 0.3 is 0 Å². The molecule has 0 aromatic heterocycles. The molecule has 0 fully saturated rings. The van der Waals surface area contributed by atoms with E-state index in [0.717, 1.165) is 11.8 Å². The van der Waals surface area contributed by atoms with Crippen LogP contribution in [0.4, 0.5) is 5.69 Å². The lowest BCUT2D eigenvalue weighted by Gasteiger charge is -2.22. The first-order chi connectivity index (χ1) is 11.4. The highest BCUT2D eigenvalue weighted by atomic mass is 32.2. The average molecular weight is 348 g/mol. The maximum Gasteiger partial charge on any atom is 0.254 e. The number of aliphatic hydroxyl groups is 1. The number of benzene rings is 2. The second-order valence-electron chi connectivity index (χ2n) is 5.39. The highest BCUT2D eigenvalue weighted by Gasteiger charge is 2.16. The largest absolute Gasteiger partial charge is 0.395 e. The normalized spacial score (nSPS) is 11.1. The van der Waals surface area contributed by atoms with Crippen LogP contribution in [0.1, 0.15) is 15.9 Å². The van der Waals surface area contributed by atoms with Gasteiger partial charge in [-0.1, -0.05) is 36.4 Å². The van der Waals surface area contributed by atoms with Crippen LogP contribution in [0.3, 0.4) is 0 Å². The van der Waals surface area contributed by atoms with E-state index in [2.05, 4.69) is 4.72 Å². The zero-order valence-corrected chi connectivity index (χ0v) is 14.2. The van der Waals surface area contributed by atoms with Crippen LogP contribution < -0.4 is 4.72 Å². The standard InChI is InChI=1S/C17H20N2O4S/c1-24(22,23)18-16-9-5-8-15(12-16)17(21)19(10-11-20)13-14-6-3-2-4-7-14/h2-9,12,18,20H,10-11,13H2,1H3. The van der Waals surface area contributed by atoms with Gasteiger partial charge in [-0.15, -0.1) is 0 Å². The van der Waals surface area contributed by atoms with Gasteiger partial charge in [-0.25, -0.2) is 8.42 Å². The number of carbonyl (C=O) groups excluding carboxylic acids is 1. The number of aliphatic hydroxyl groups excluding tert-OH is 1. The lowest BCUT2D eigenvalue weighted by molar-refractivity contribution is 0.0708. The predicted octanol–water partition coefficient (Wildman–Crippen LogP) is 1.69. The van der Waals surface area contributed by atoms with Crippen LogP contribution in [0.5, 0.6) is 0 Å². The van der Waals surface area contributed by atoms with E-state index in [9.17, 15) is 18.3 Å². The number of amides is 1. The summed E-state index contributed by atoms with van der Waals surface area (Å²) in [7, 11) is -3.41. The summed E-state index contributed by atoms with van der Waals surface area (Å²) in [5.41, 5.74) is 1.63. The first kappa shape index (κ1) is 18.0. The van der Waals surface area contributed by atoms with Crippen molar-refractivity contribution in [3.63, 3.8) is 0 Å². The van der Waals surface area contributed by atoms with Crippen LogP contribution in [-0.4, -0.2) is 43.7 Å². The fraction of sp³-hybridized carbons (Fsp3) is 0.235. The quantitative estimate of drug-likeness (QED) is 0.797. The lowest BCUT2D eigenvalue weighted by atomic mass is 10.1. The van der Waals surface area contributed by atoms with E-state index in [1.807, 2.05) is 30.3 Å². The number of nitrogens with one attached hydrogen (secondary N) is 1. The van der Waals surface area contributed by atoms with Crippen molar-refractivity contribution in [1.82, 2.24) is 4.90 Å². The predicted molar refractivity (Wildman–Crippen MR) is 93.2 cm³/mol. The van der Waals surface area contributed by atoms with E-state index >= 15 is 0 Å². The minimum atomic E-state index is -3.41. The van der Waals surface area contributed by atoms with Crippen molar-refractivity contribution < 1.29 is 18.3 Å². The van der Waals surface area contributed by atoms with E-state index in [1.165, 1.54) is 11.0 Å². The first-order valence-corrected chi connectivity index (χ1v) is 9.30. The van der Waals surface area contributed by atoms with Crippen molar-refractivity contribution in [3.05, 3.63) is 65.7 Å². The van der Waals surface area contributed by atoms with Crippen molar-refractivity contribution in [2.24, 2.45) is 0 Å². The monoisotopic (exact) mass is 348 g/mol. The molecule has 0 saturated heterocycles. The van der Waals surface area contributed by atoms with Gasteiger partial charge in [0.1, 0.15) is 0 Å². The Morgan fingerprint density at radius 2 is 1.83 bits per heavy atom. The Hall–Kier alpha value is -2.38. The molecule has 24 heavy (non-hydrogen) atoms. The Bertz CT molecular complexity index is 791. The highest BCUT2D eigenvalue weighted by Crippen LogP contribution is 2.15. The molecule has 6 nitrogen and oxygen atoms in total. The molecule has 0 unspecified atom stereocenters. The molecule has 0 bridgehead atoms. The molecule has 1 amide bonds. The maximum atomic E-state index is 12.7. The van der Waals surface area contributed by atoms with Crippen LogP contribution in [0, 0.1) is 0 Å². The molecule has 128 valence electrons. The third-order valence-electron chi connectivity index (χ3n) is 3.29. The van der Waals surface area contributed by atoms with Crippen LogP contribution in [0.15, 0.2) is 54.6 Å². The van der Waals surface area contributed by atoms with E-state index in [0.29, 0.717) is 17.8 Å². The maximum absolute atomic E-state index is 12.7. The van der Waals surface area contributed by atoms with E-state index < -0.39 is 10.0 Å². The summed E-state index contributed by atoms with van der Waals surface area (Å²) in [6.45, 7) is 0.404. The number of hydrogen-bond acceptors (Lipinski definition) is 4. The first-order valence-electron chi connectivity index (χ1n) is 7.41. The van der Waals surface area contributed by atoms with E-state index in [1.54, 1.807) is 18.2 Å². The van der Waals surface area contributed by atoms with Crippen LogP contribution in [0.2, 0.25) is 0 Å². The molecule has 0 aliphatic heterocycles. The third kappa shape index (κ3) is 5.36. The summed E-state index contributed by atoms with van der Waals surface area (Å²) >= 11 is 0. The van der Waals surface area contributed by atoms with Gasteiger partial charge in [-0.3, -0.25) is 9.52 Å². The van der Waals surface area contributed by atoms with Crippen molar-refractivity contribution in [3.8, 4) is 0 Å². The zero-order chi connectivity index (χ0) is 17.6. The number of nitrogens with zero attached hydrogens (tertiary/aromatic N) is 1. The van der Waals surface area contributed by atoms with Crippen LogP contribution >= 0.6 is 0 Å². The summed E-state index contributed by atoms with van der Waals surface area (Å²) in [4.78, 5) is 14.2. The lowest BCUT2D eigenvalue weighted by Crippen LogP contribution is -2.33. The van der Waals surface area contributed by atoms with Crippen molar-refractivity contribution in [2.75, 3.05) is 24.1 Å². The smallest absolute Gasteiger partial charge is 0.254 e. The molecular formula is C17H20N2O4S. The minimum Gasteiger partial charge on any atom is -0.395 e. The van der Waals surface area contributed by atoms with Gasteiger partial charge < -0.3 is 10.0 Å².